The Bertz CT molecular complexity index is 961. The first-order chi connectivity index (χ1) is 12.6. The average Bonchev–Trinajstić information content (AvgIpc) is 2.62. The number of alkyl halides is 2. The summed E-state index contributed by atoms with van der Waals surface area (Å²) in [6, 6.07) is 5.83. The number of esters is 1. The molecule has 0 aliphatic heterocycles. The summed E-state index contributed by atoms with van der Waals surface area (Å²) in [6.07, 6.45) is 0. The van der Waals surface area contributed by atoms with Gasteiger partial charge in [-0.1, -0.05) is 0 Å². The molecule has 2 rings (SSSR count). The lowest BCUT2D eigenvalue weighted by molar-refractivity contribution is -0.119. The SMILES string of the molecule is O=C(COC(=O)c1ccc(S(=O)(=O)C(F)F)cc1)Nc1cc(F)ccc1F. The van der Waals surface area contributed by atoms with Gasteiger partial charge in [0.25, 0.3) is 5.91 Å². The standard InChI is InChI=1S/C16H11F4NO5S/c17-10-3-6-12(18)13(7-10)21-14(22)8-26-15(23)9-1-4-11(5-2-9)27(24,25)16(19)20/h1-7,16H,8H2,(H,21,22). The molecule has 0 atom stereocenters. The molecule has 0 radical (unpaired) electrons. The number of amides is 1. The maximum Gasteiger partial charge on any atom is 0.341 e. The molecule has 0 saturated heterocycles. The Morgan fingerprint density at radius 2 is 1.67 bits per heavy atom. The van der Waals surface area contributed by atoms with Crippen LogP contribution in [0.3, 0.4) is 0 Å². The zero-order valence-electron chi connectivity index (χ0n) is 13.3. The summed E-state index contributed by atoms with van der Waals surface area (Å²) >= 11 is 0. The first-order valence-electron chi connectivity index (χ1n) is 7.15. The molecule has 0 fully saturated rings. The Hall–Kier alpha value is -2.95. The second-order valence-electron chi connectivity index (χ2n) is 5.08. The number of nitrogens with one attached hydrogen (secondary N) is 1. The second kappa shape index (κ2) is 8.16. The fraction of sp³-hybridized carbons (Fsp3) is 0.125. The van der Waals surface area contributed by atoms with Gasteiger partial charge in [0, 0.05) is 6.07 Å². The Morgan fingerprint density at radius 1 is 1.04 bits per heavy atom. The second-order valence-corrected chi connectivity index (χ2v) is 7.00. The predicted molar refractivity (Wildman–Crippen MR) is 84.9 cm³/mol. The number of rotatable bonds is 6. The average molecular weight is 405 g/mol. The largest absolute Gasteiger partial charge is 0.452 e. The molecule has 0 aromatic heterocycles. The van der Waals surface area contributed by atoms with Crippen molar-refractivity contribution in [1.29, 1.82) is 0 Å². The Balaban J connectivity index is 1.97. The number of benzene rings is 2. The van der Waals surface area contributed by atoms with Crippen molar-refractivity contribution in [2.75, 3.05) is 11.9 Å². The van der Waals surface area contributed by atoms with Crippen LogP contribution in [-0.4, -0.2) is 32.7 Å². The number of carbonyl (C=O) groups excluding carboxylic acids is 2. The van der Waals surface area contributed by atoms with E-state index >= 15 is 0 Å². The van der Waals surface area contributed by atoms with Crippen LogP contribution >= 0.6 is 0 Å². The van der Waals surface area contributed by atoms with Crippen LogP contribution in [0.1, 0.15) is 10.4 Å². The van der Waals surface area contributed by atoms with E-state index in [1.165, 1.54) is 0 Å². The van der Waals surface area contributed by atoms with E-state index in [-0.39, 0.29) is 5.56 Å². The summed E-state index contributed by atoms with van der Waals surface area (Å²) in [5.41, 5.74) is -0.648. The van der Waals surface area contributed by atoms with Crippen molar-refractivity contribution >= 4 is 27.4 Å². The number of carbonyl (C=O) groups is 2. The van der Waals surface area contributed by atoms with Crippen LogP contribution in [-0.2, 0) is 19.4 Å². The normalized spacial score (nSPS) is 11.3. The molecule has 0 spiro atoms. The van der Waals surface area contributed by atoms with E-state index in [0.29, 0.717) is 0 Å². The molecule has 2 aromatic carbocycles. The van der Waals surface area contributed by atoms with Gasteiger partial charge in [-0.25, -0.2) is 22.0 Å². The first kappa shape index (κ1) is 20.4. The summed E-state index contributed by atoms with van der Waals surface area (Å²) in [5, 5.41) is 2.01. The highest BCUT2D eigenvalue weighted by Crippen LogP contribution is 2.19. The minimum absolute atomic E-state index is 0.201. The topological polar surface area (TPSA) is 89.5 Å². The minimum Gasteiger partial charge on any atom is -0.452 e. The molecule has 1 N–H and O–H groups in total. The fourth-order valence-corrected chi connectivity index (χ4v) is 2.60. The smallest absolute Gasteiger partial charge is 0.341 e. The third-order valence-corrected chi connectivity index (χ3v) is 4.59. The fourth-order valence-electron chi connectivity index (χ4n) is 1.88. The monoisotopic (exact) mass is 405 g/mol. The summed E-state index contributed by atoms with van der Waals surface area (Å²) in [4.78, 5) is 22.7. The van der Waals surface area contributed by atoms with Gasteiger partial charge >= 0.3 is 11.7 Å². The maximum absolute atomic E-state index is 13.4. The molecule has 0 bridgehead atoms. The number of hydrogen-bond acceptors (Lipinski definition) is 5. The molecule has 0 unspecified atom stereocenters. The molecule has 144 valence electrons. The van der Waals surface area contributed by atoms with Crippen molar-refractivity contribution in [1.82, 2.24) is 0 Å². The summed E-state index contributed by atoms with van der Waals surface area (Å²) in [6.45, 7) is -0.841. The van der Waals surface area contributed by atoms with Gasteiger partial charge in [-0.2, -0.15) is 8.78 Å². The predicted octanol–water partition coefficient (Wildman–Crippen LogP) is 2.76. The molecule has 0 aliphatic carbocycles. The van der Waals surface area contributed by atoms with Crippen molar-refractivity contribution in [2.45, 2.75) is 10.7 Å². The molecule has 0 heterocycles. The Morgan fingerprint density at radius 3 is 2.26 bits per heavy atom. The van der Waals surface area contributed by atoms with Crippen LogP contribution in [0.25, 0.3) is 0 Å². The molecule has 27 heavy (non-hydrogen) atoms. The van der Waals surface area contributed by atoms with E-state index < -0.39 is 56.3 Å². The molecule has 6 nitrogen and oxygen atoms in total. The van der Waals surface area contributed by atoms with Crippen LogP contribution in [0, 0.1) is 11.6 Å². The van der Waals surface area contributed by atoms with E-state index in [1.54, 1.807) is 0 Å². The summed E-state index contributed by atoms with van der Waals surface area (Å²) in [7, 11) is -4.80. The lowest BCUT2D eigenvalue weighted by Gasteiger charge is -2.08. The third kappa shape index (κ3) is 5.03. The third-order valence-electron chi connectivity index (χ3n) is 3.19. The van der Waals surface area contributed by atoms with Gasteiger partial charge in [0.2, 0.25) is 9.84 Å². The van der Waals surface area contributed by atoms with E-state index in [9.17, 15) is 35.6 Å². The summed E-state index contributed by atoms with van der Waals surface area (Å²) in [5.74, 6) is -7.30. The molecular weight excluding hydrogens is 394 g/mol. The van der Waals surface area contributed by atoms with Crippen molar-refractivity contribution in [2.24, 2.45) is 0 Å². The lowest BCUT2D eigenvalue weighted by Crippen LogP contribution is -2.21. The highest BCUT2D eigenvalue weighted by molar-refractivity contribution is 7.91. The van der Waals surface area contributed by atoms with Gasteiger partial charge in [-0.3, -0.25) is 4.79 Å². The van der Waals surface area contributed by atoms with E-state index in [0.717, 1.165) is 42.5 Å². The van der Waals surface area contributed by atoms with Gasteiger partial charge < -0.3 is 10.1 Å². The minimum atomic E-state index is -4.80. The molecule has 0 saturated carbocycles. The highest BCUT2D eigenvalue weighted by Gasteiger charge is 2.26. The molecule has 1 amide bonds. The van der Waals surface area contributed by atoms with Gasteiger partial charge in [-0.05, 0) is 36.4 Å². The first-order valence-corrected chi connectivity index (χ1v) is 8.70. The molecule has 11 heteroatoms. The van der Waals surface area contributed by atoms with Crippen LogP contribution in [0.5, 0.6) is 0 Å². The molecule has 0 aliphatic rings. The quantitative estimate of drug-likeness (QED) is 0.590. The number of hydrogen-bond donors (Lipinski definition) is 1. The zero-order chi connectivity index (χ0) is 20.2. The van der Waals surface area contributed by atoms with Gasteiger partial charge in [0.05, 0.1) is 16.1 Å². The highest BCUT2D eigenvalue weighted by atomic mass is 32.2. The Labute approximate surface area is 150 Å². The van der Waals surface area contributed by atoms with Crippen molar-refractivity contribution in [3.05, 3.63) is 59.7 Å². The number of anilines is 1. The number of halogens is 4. The number of ether oxygens (including phenoxy) is 1. The maximum atomic E-state index is 13.4. The van der Waals surface area contributed by atoms with Crippen molar-refractivity contribution < 1.29 is 40.3 Å². The molecular formula is C16H11F4NO5S. The van der Waals surface area contributed by atoms with E-state index in [1.807, 2.05) is 5.32 Å². The van der Waals surface area contributed by atoms with Crippen LogP contribution in [0.4, 0.5) is 23.2 Å². The Kier molecular flexibility index (Phi) is 6.16. The van der Waals surface area contributed by atoms with Gasteiger partial charge in [0.1, 0.15) is 11.6 Å². The summed E-state index contributed by atoms with van der Waals surface area (Å²) < 4.78 is 78.4. The van der Waals surface area contributed by atoms with Crippen LogP contribution < -0.4 is 5.32 Å². The zero-order valence-corrected chi connectivity index (χ0v) is 14.1. The number of sulfone groups is 1. The van der Waals surface area contributed by atoms with E-state index in [2.05, 4.69) is 4.74 Å². The lowest BCUT2D eigenvalue weighted by atomic mass is 10.2. The van der Waals surface area contributed by atoms with Crippen LogP contribution in [0.2, 0.25) is 0 Å². The molecule has 2 aromatic rings. The van der Waals surface area contributed by atoms with Gasteiger partial charge in [-0.15, -0.1) is 0 Å². The van der Waals surface area contributed by atoms with Crippen LogP contribution in [0.15, 0.2) is 47.4 Å². The van der Waals surface area contributed by atoms with Crippen molar-refractivity contribution in [3.8, 4) is 0 Å². The van der Waals surface area contributed by atoms with E-state index in [4.69, 9.17) is 0 Å². The van der Waals surface area contributed by atoms with Crippen molar-refractivity contribution in [3.63, 3.8) is 0 Å². The van der Waals surface area contributed by atoms with Gasteiger partial charge in [0.15, 0.2) is 6.61 Å².